The van der Waals surface area contributed by atoms with Crippen LogP contribution in [-0.2, 0) is 4.79 Å². The van der Waals surface area contributed by atoms with E-state index in [4.69, 9.17) is 28.2 Å². The molecule has 4 rings (SSSR count). The number of hydrogen-bond acceptors (Lipinski definition) is 5. The molecule has 33 heavy (non-hydrogen) atoms. The molecular formula is C24H21Cl2N3O2S2. The summed E-state index contributed by atoms with van der Waals surface area (Å²) in [6, 6.07) is 10.9. The molecule has 0 unspecified atom stereocenters. The molecule has 1 amide bonds. The second kappa shape index (κ2) is 9.50. The highest BCUT2D eigenvalue weighted by atomic mass is 35.5. The molecule has 5 nitrogen and oxygen atoms in total. The Morgan fingerprint density at radius 3 is 2.58 bits per heavy atom. The average molecular weight is 518 g/mol. The number of carbonyl (C=O) groups is 1. The maximum Gasteiger partial charge on any atom is 0.267 e. The number of thiophene rings is 1. The monoisotopic (exact) mass is 517 g/mol. The van der Waals surface area contributed by atoms with Gasteiger partial charge in [0.2, 0.25) is 5.91 Å². The zero-order valence-corrected chi connectivity index (χ0v) is 21.6. The van der Waals surface area contributed by atoms with Crippen molar-refractivity contribution in [2.24, 2.45) is 0 Å². The van der Waals surface area contributed by atoms with Gasteiger partial charge < -0.3 is 5.32 Å². The first kappa shape index (κ1) is 23.8. The van der Waals surface area contributed by atoms with Gasteiger partial charge in [0.15, 0.2) is 5.16 Å². The zero-order chi connectivity index (χ0) is 23.9. The van der Waals surface area contributed by atoms with Gasteiger partial charge in [-0.15, -0.1) is 11.3 Å². The fourth-order valence-corrected chi connectivity index (χ4v) is 5.59. The van der Waals surface area contributed by atoms with Crippen LogP contribution in [-0.4, -0.2) is 21.2 Å². The van der Waals surface area contributed by atoms with Crippen LogP contribution in [0.1, 0.15) is 21.6 Å². The molecule has 2 aromatic heterocycles. The van der Waals surface area contributed by atoms with Crippen LogP contribution < -0.4 is 10.9 Å². The number of fused-ring (bicyclic) bond motifs is 1. The Bertz CT molecular complexity index is 1460. The maximum atomic E-state index is 13.5. The van der Waals surface area contributed by atoms with Crippen molar-refractivity contribution in [1.82, 2.24) is 9.55 Å². The molecule has 0 radical (unpaired) electrons. The second-order valence-corrected chi connectivity index (χ2v) is 10.7. The van der Waals surface area contributed by atoms with Crippen molar-refractivity contribution < 1.29 is 4.79 Å². The molecule has 4 aromatic rings. The summed E-state index contributed by atoms with van der Waals surface area (Å²) in [4.78, 5) is 32.7. The summed E-state index contributed by atoms with van der Waals surface area (Å²) in [6.07, 6.45) is 0. The van der Waals surface area contributed by atoms with Crippen LogP contribution in [0, 0.1) is 27.7 Å². The molecule has 0 spiro atoms. The lowest BCUT2D eigenvalue weighted by Gasteiger charge is -2.13. The number of nitrogens with one attached hydrogen (secondary N) is 1. The second-order valence-electron chi connectivity index (χ2n) is 7.75. The summed E-state index contributed by atoms with van der Waals surface area (Å²) in [5.41, 5.74) is 4.08. The zero-order valence-electron chi connectivity index (χ0n) is 18.5. The number of carbonyl (C=O) groups excluding carboxylic acids is 1. The van der Waals surface area contributed by atoms with Gasteiger partial charge in [-0.3, -0.25) is 14.2 Å². The summed E-state index contributed by atoms with van der Waals surface area (Å²) in [5.74, 6) is -0.0852. The van der Waals surface area contributed by atoms with Crippen molar-refractivity contribution >= 4 is 68.1 Å². The Morgan fingerprint density at radius 1 is 1.09 bits per heavy atom. The van der Waals surface area contributed by atoms with Crippen LogP contribution in [0.4, 0.5) is 5.69 Å². The van der Waals surface area contributed by atoms with Crippen molar-refractivity contribution in [1.29, 1.82) is 0 Å². The largest absolute Gasteiger partial charge is 0.325 e. The lowest BCUT2D eigenvalue weighted by molar-refractivity contribution is -0.113. The summed E-state index contributed by atoms with van der Waals surface area (Å²) in [7, 11) is 0. The van der Waals surface area contributed by atoms with E-state index in [1.165, 1.54) is 27.7 Å². The first-order valence-corrected chi connectivity index (χ1v) is 12.7. The molecule has 0 bridgehead atoms. The van der Waals surface area contributed by atoms with Gasteiger partial charge in [-0.05, 0) is 68.7 Å². The first-order valence-electron chi connectivity index (χ1n) is 10.1. The van der Waals surface area contributed by atoms with Crippen molar-refractivity contribution in [2.75, 3.05) is 11.1 Å². The lowest BCUT2D eigenvalue weighted by Crippen LogP contribution is -2.23. The third-order valence-corrected chi connectivity index (χ3v) is 8.11. The van der Waals surface area contributed by atoms with Crippen molar-refractivity contribution in [3.63, 3.8) is 0 Å². The highest BCUT2D eigenvalue weighted by Gasteiger charge is 2.19. The number of thioether (sulfide) groups is 1. The molecule has 0 aliphatic rings. The Hall–Kier alpha value is -2.32. The van der Waals surface area contributed by atoms with E-state index in [9.17, 15) is 9.59 Å². The molecule has 0 aliphatic carbocycles. The molecule has 2 aromatic carbocycles. The Kier molecular flexibility index (Phi) is 6.86. The van der Waals surface area contributed by atoms with E-state index in [1.54, 1.807) is 18.2 Å². The van der Waals surface area contributed by atoms with Crippen LogP contribution in [0.2, 0.25) is 10.0 Å². The van der Waals surface area contributed by atoms with Crippen molar-refractivity contribution in [3.8, 4) is 5.69 Å². The minimum Gasteiger partial charge on any atom is -0.325 e. The Morgan fingerprint density at radius 2 is 1.85 bits per heavy atom. The molecule has 1 N–H and O–H groups in total. The van der Waals surface area contributed by atoms with Gasteiger partial charge >= 0.3 is 0 Å². The first-order chi connectivity index (χ1) is 15.7. The Balaban J connectivity index is 1.73. The Labute approximate surface area is 209 Å². The number of nitrogens with zero attached hydrogens (tertiary/aromatic N) is 2. The average Bonchev–Trinajstić information content (AvgIpc) is 3.05. The van der Waals surface area contributed by atoms with Gasteiger partial charge in [0.1, 0.15) is 4.83 Å². The molecule has 0 atom stereocenters. The minimum absolute atomic E-state index is 0.0932. The third-order valence-electron chi connectivity index (χ3n) is 5.33. The van der Waals surface area contributed by atoms with E-state index in [2.05, 4.69) is 5.32 Å². The van der Waals surface area contributed by atoms with Crippen molar-refractivity contribution in [3.05, 3.63) is 78.4 Å². The molecule has 0 saturated heterocycles. The summed E-state index contributed by atoms with van der Waals surface area (Å²) in [5, 5.41) is 4.68. The van der Waals surface area contributed by atoms with E-state index in [0.717, 1.165) is 27.3 Å². The molecular weight excluding hydrogens is 497 g/mol. The van der Waals surface area contributed by atoms with Crippen LogP contribution in [0.3, 0.4) is 0 Å². The van der Waals surface area contributed by atoms with Gasteiger partial charge in [0, 0.05) is 10.6 Å². The third kappa shape index (κ3) is 4.82. The van der Waals surface area contributed by atoms with Gasteiger partial charge in [0.25, 0.3) is 5.56 Å². The van der Waals surface area contributed by atoms with E-state index in [-0.39, 0.29) is 17.2 Å². The van der Waals surface area contributed by atoms with Gasteiger partial charge in [-0.1, -0.05) is 47.1 Å². The fraction of sp³-hybridized carbons (Fsp3) is 0.208. The molecule has 9 heteroatoms. The summed E-state index contributed by atoms with van der Waals surface area (Å²) in [6.45, 7) is 7.81. The highest BCUT2D eigenvalue weighted by Crippen LogP contribution is 2.31. The van der Waals surface area contributed by atoms with Gasteiger partial charge in [0.05, 0.1) is 26.9 Å². The minimum atomic E-state index is -0.197. The van der Waals surface area contributed by atoms with Crippen molar-refractivity contribution in [2.45, 2.75) is 32.9 Å². The highest BCUT2D eigenvalue weighted by molar-refractivity contribution is 7.99. The smallest absolute Gasteiger partial charge is 0.267 e. The van der Waals surface area contributed by atoms with Crippen LogP contribution in [0.25, 0.3) is 15.9 Å². The van der Waals surface area contributed by atoms with E-state index < -0.39 is 0 Å². The quantitative estimate of drug-likeness (QED) is 0.235. The van der Waals surface area contributed by atoms with Crippen LogP contribution in [0.5, 0.6) is 0 Å². The number of benzene rings is 2. The van der Waals surface area contributed by atoms with E-state index >= 15 is 0 Å². The molecule has 0 aliphatic heterocycles. The summed E-state index contributed by atoms with van der Waals surface area (Å²) < 4.78 is 1.50. The van der Waals surface area contributed by atoms with Crippen LogP contribution in [0.15, 0.2) is 46.3 Å². The predicted octanol–water partition coefficient (Wildman–Crippen LogP) is 6.72. The number of aromatic nitrogens is 2. The molecule has 0 saturated carbocycles. The number of hydrogen-bond donors (Lipinski definition) is 1. The predicted molar refractivity (Wildman–Crippen MR) is 140 cm³/mol. The van der Waals surface area contributed by atoms with E-state index in [0.29, 0.717) is 31.1 Å². The molecule has 0 fully saturated rings. The summed E-state index contributed by atoms with van der Waals surface area (Å²) >= 11 is 15.0. The lowest BCUT2D eigenvalue weighted by atomic mass is 10.1. The fourth-order valence-electron chi connectivity index (χ4n) is 3.41. The maximum absolute atomic E-state index is 13.5. The molecule has 170 valence electrons. The van der Waals surface area contributed by atoms with Crippen LogP contribution >= 0.6 is 46.3 Å². The molecule has 2 heterocycles. The number of anilines is 1. The van der Waals surface area contributed by atoms with Gasteiger partial charge in [-0.2, -0.15) is 0 Å². The standard InChI is InChI=1S/C24H21Cl2N3O2S2/c1-12-5-6-13(2)19(9-12)27-20(30)11-32-24-28-22-21(14(3)15(4)33-22)23(31)29(24)16-7-8-17(25)18(26)10-16/h5-10H,11H2,1-4H3,(H,27,30). The van der Waals surface area contributed by atoms with E-state index in [1.807, 2.05) is 45.9 Å². The number of amides is 1. The topological polar surface area (TPSA) is 64.0 Å². The van der Waals surface area contributed by atoms with Gasteiger partial charge in [-0.25, -0.2) is 4.98 Å². The SMILES string of the molecule is Cc1ccc(C)c(NC(=O)CSc2nc3sc(C)c(C)c3c(=O)n2-c2ccc(Cl)c(Cl)c2)c1. The number of halogens is 2. The number of rotatable bonds is 5. The number of aryl methyl sites for hydroxylation is 4. The normalized spacial score (nSPS) is 11.2.